The minimum absolute atomic E-state index is 0. The molecule has 3 unspecified atom stereocenters. The third kappa shape index (κ3) is 10.1. The van der Waals surface area contributed by atoms with Crippen molar-refractivity contribution in [2.45, 2.75) is 98.6 Å². The summed E-state index contributed by atoms with van der Waals surface area (Å²) in [7, 11) is 0. The first-order valence-electron chi connectivity index (χ1n) is 24.3. The Kier molecular flexibility index (Phi) is 17.5. The predicted octanol–water partition coefficient (Wildman–Crippen LogP) is 6.53. The van der Waals surface area contributed by atoms with Crippen molar-refractivity contribution in [2.75, 3.05) is 14.7 Å². The van der Waals surface area contributed by atoms with E-state index in [1.165, 1.54) is 72.8 Å². The summed E-state index contributed by atoms with van der Waals surface area (Å²) >= 11 is 0. The van der Waals surface area contributed by atoms with Crippen molar-refractivity contribution in [3.63, 3.8) is 0 Å². The van der Waals surface area contributed by atoms with Crippen LogP contribution in [0.2, 0.25) is 0 Å². The third-order valence-electron chi connectivity index (χ3n) is 13.4. The first-order chi connectivity index (χ1) is 35.7. The Hall–Kier alpha value is -8.02. The molecule has 3 N–H and O–H groups in total. The minimum atomic E-state index is -1.73. The Morgan fingerprint density at radius 3 is 0.776 bits per heavy atom. The molecule has 0 spiro atoms. The third-order valence-corrected chi connectivity index (χ3v) is 13.4. The molecule has 0 aromatic heterocycles. The number of hydrogen-bond acceptors (Lipinski definition) is 15. The maximum absolute atomic E-state index is 13.4. The second-order valence-corrected chi connectivity index (χ2v) is 18.2. The molecule has 0 radical (unpaired) electrons. The summed E-state index contributed by atoms with van der Waals surface area (Å²) in [6.45, 7) is 17.2. The fourth-order valence-corrected chi connectivity index (χ4v) is 9.81. The van der Waals surface area contributed by atoms with Crippen LogP contribution in [-0.2, 0) is 51.5 Å². The number of carbonyl (C=O) groups is 3. The molecule has 6 aromatic rings. The van der Waals surface area contributed by atoms with E-state index in [2.05, 4.69) is 31.6 Å². The number of aryl methyl sites for hydroxylation is 6. The van der Waals surface area contributed by atoms with Crippen LogP contribution in [0.5, 0.6) is 0 Å². The van der Waals surface area contributed by atoms with Gasteiger partial charge in [0.1, 0.15) is 35.0 Å². The first kappa shape index (κ1) is 57.3. The van der Waals surface area contributed by atoms with E-state index in [1.807, 2.05) is 117 Å². The largest absolute Gasteiger partial charge is 3.00 e. The van der Waals surface area contributed by atoms with E-state index in [0.717, 1.165) is 50.4 Å². The number of benzene rings is 6. The maximum Gasteiger partial charge on any atom is 3.00 e. The Morgan fingerprint density at radius 1 is 0.408 bits per heavy atom. The van der Waals surface area contributed by atoms with Crippen LogP contribution in [0.4, 0.5) is 30.2 Å². The van der Waals surface area contributed by atoms with Crippen LogP contribution < -0.4 is 46.3 Å². The molecule has 0 saturated heterocycles. The summed E-state index contributed by atoms with van der Waals surface area (Å²) < 4.78 is 40.1. The monoisotopic (exact) mass is 1210 g/mol. The van der Waals surface area contributed by atoms with Gasteiger partial charge in [-0.25, -0.2) is 13.2 Å². The number of amidine groups is 3. The number of carboxylic acid groups (broad SMARTS) is 3. The zero-order valence-electron chi connectivity index (χ0n) is 43.3. The van der Waals surface area contributed by atoms with Gasteiger partial charge in [0, 0.05) is 36.0 Å². The second-order valence-electron chi connectivity index (χ2n) is 18.2. The van der Waals surface area contributed by atoms with Gasteiger partial charge in [0.05, 0.1) is 35.0 Å². The number of halogens is 3. The summed E-state index contributed by atoms with van der Waals surface area (Å²) in [5.74, 6) is -3.65. The van der Waals surface area contributed by atoms with Gasteiger partial charge in [-0.1, -0.05) is 112 Å². The summed E-state index contributed by atoms with van der Waals surface area (Å²) in [5, 5.41) is 49.6. The van der Waals surface area contributed by atoms with Gasteiger partial charge >= 0.3 is 20.1 Å². The molecule has 15 nitrogen and oxygen atoms in total. The molecule has 0 aliphatic carbocycles. The zero-order chi connectivity index (χ0) is 54.6. The molecule has 0 amide bonds. The van der Waals surface area contributed by atoms with Crippen molar-refractivity contribution in [1.82, 2.24) is 16.3 Å². The van der Waals surface area contributed by atoms with Gasteiger partial charge in [-0.3, -0.25) is 31.0 Å². The quantitative estimate of drug-likeness (QED) is 0.120. The Bertz CT molecular complexity index is 2830. The van der Waals surface area contributed by atoms with Crippen LogP contribution in [-0.4, -0.2) is 35.4 Å². The van der Waals surface area contributed by atoms with Crippen molar-refractivity contribution in [2.24, 2.45) is 15.3 Å². The molecule has 3 atom stereocenters. The molecular formula is C57H57F3IrN9O6. The zero-order valence-corrected chi connectivity index (χ0v) is 45.7. The van der Waals surface area contributed by atoms with Crippen LogP contribution in [0.1, 0.15) is 90.1 Å². The van der Waals surface area contributed by atoms with Gasteiger partial charge in [-0.2, -0.15) is 15.3 Å². The van der Waals surface area contributed by atoms with E-state index in [9.17, 15) is 42.9 Å². The minimum Gasteiger partial charge on any atom is -0.545 e. The molecule has 6 aromatic carbocycles. The van der Waals surface area contributed by atoms with E-state index in [0.29, 0.717) is 53.5 Å². The van der Waals surface area contributed by atoms with E-state index in [1.54, 1.807) is 14.7 Å². The van der Waals surface area contributed by atoms with Crippen LogP contribution in [0, 0.1) is 59.0 Å². The van der Waals surface area contributed by atoms with Crippen LogP contribution in [0.15, 0.2) is 143 Å². The van der Waals surface area contributed by atoms with Gasteiger partial charge in [0.25, 0.3) is 0 Å². The van der Waals surface area contributed by atoms with Crippen LogP contribution in [0.25, 0.3) is 0 Å². The molecule has 0 bridgehead atoms. The summed E-state index contributed by atoms with van der Waals surface area (Å²) in [6, 6.07) is 33.2. The summed E-state index contributed by atoms with van der Waals surface area (Å²) in [6.07, 6.45) is 1.57. The van der Waals surface area contributed by atoms with Crippen LogP contribution in [0.3, 0.4) is 0 Å². The van der Waals surface area contributed by atoms with Crippen molar-refractivity contribution in [1.29, 1.82) is 0 Å². The number of nitrogens with zero attached hydrogens (tertiary/aromatic N) is 6. The molecule has 19 heteroatoms. The van der Waals surface area contributed by atoms with Gasteiger partial charge in [0.2, 0.25) is 0 Å². The predicted molar refractivity (Wildman–Crippen MR) is 277 cm³/mol. The summed E-state index contributed by atoms with van der Waals surface area (Å²) in [4.78, 5) is 41.8. The number of nitrogens with one attached hydrogen (secondary N) is 3. The number of para-hydroxylation sites is 3. The standard InChI is InChI=1S/3C19H20FN3O2.Ir/c3*1-4-16-21-22-19(18(24)25,14-8-10-15(20)11-9-14)23(16)17-12(2)6-5-7-13(17)3;/h3*5-11,22H,4H2,1-3H3,(H,24,25);/q;;;+3/p-3. The van der Waals surface area contributed by atoms with Gasteiger partial charge in [0.15, 0.2) is 17.0 Å². The van der Waals surface area contributed by atoms with E-state index in [-0.39, 0.29) is 20.1 Å². The molecule has 0 saturated carbocycles. The topological polar surface area (TPSA) is 203 Å². The molecule has 3 heterocycles. The van der Waals surface area contributed by atoms with E-state index >= 15 is 0 Å². The fourth-order valence-electron chi connectivity index (χ4n) is 9.81. The molecule has 9 rings (SSSR count). The number of hydrogen-bond donors (Lipinski definition) is 3. The van der Waals surface area contributed by atoms with Gasteiger partial charge in [-0.05, 0) is 111 Å². The molecule has 396 valence electrons. The molecule has 76 heavy (non-hydrogen) atoms. The van der Waals surface area contributed by atoms with Crippen molar-refractivity contribution >= 4 is 52.5 Å². The number of anilines is 3. The molecular weight excluding hydrogens is 1160 g/mol. The molecule has 0 fully saturated rings. The summed E-state index contributed by atoms with van der Waals surface area (Å²) in [5.41, 5.74) is 11.8. The maximum atomic E-state index is 13.4. The second kappa shape index (κ2) is 23.3. The van der Waals surface area contributed by atoms with Crippen molar-refractivity contribution in [3.8, 4) is 0 Å². The van der Waals surface area contributed by atoms with E-state index < -0.39 is 52.3 Å². The normalized spacial score (nSPS) is 19.3. The van der Waals surface area contributed by atoms with Crippen LogP contribution >= 0.6 is 0 Å². The number of carbonyl (C=O) groups excluding carboxylic acids is 3. The average molecular weight is 1210 g/mol. The number of aliphatic carboxylic acids is 3. The van der Waals surface area contributed by atoms with E-state index in [4.69, 9.17) is 0 Å². The average Bonchev–Trinajstić information content (AvgIpc) is 4.16. The Morgan fingerprint density at radius 2 is 0.605 bits per heavy atom. The fraction of sp³-hybridized carbons (Fsp3) is 0.263. The van der Waals surface area contributed by atoms with Crippen molar-refractivity contribution < 1.29 is 63.0 Å². The first-order valence-corrected chi connectivity index (χ1v) is 24.3. The SMILES string of the molecule is CCC1=NNC(C(=O)[O-])(c2ccc(F)cc2)N1c1c(C)cccc1C.CCC1=NNC(C(=O)[O-])(c2ccc(F)cc2)N1c1c(C)cccc1C.CCC1=NNC(C(=O)[O-])(c2ccc(F)cc2)N1c1c(C)cccc1C.[Ir+3]. The van der Waals surface area contributed by atoms with Gasteiger partial charge < -0.3 is 29.7 Å². The number of hydrazone groups is 3. The Labute approximate surface area is 453 Å². The smallest absolute Gasteiger partial charge is 0.545 e. The molecule has 3 aliphatic rings. The number of carboxylic acids is 3. The Balaban J connectivity index is 0.000000184. The van der Waals surface area contributed by atoms with Gasteiger partial charge in [-0.15, -0.1) is 0 Å². The molecule has 3 aliphatic heterocycles. The van der Waals surface area contributed by atoms with Crippen molar-refractivity contribution in [3.05, 3.63) is 195 Å². The number of rotatable bonds is 12.